The molecule has 2 heterocycles. The van der Waals surface area contributed by atoms with Gasteiger partial charge in [-0.25, -0.2) is 0 Å². The lowest BCUT2D eigenvalue weighted by atomic mass is 10.00. The van der Waals surface area contributed by atoms with Crippen LogP contribution in [0, 0.1) is 13.8 Å². The van der Waals surface area contributed by atoms with E-state index in [2.05, 4.69) is 48.5 Å². The Bertz CT molecular complexity index is 600. The summed E-state index contributed by atoms with van der Waals surface area (Å²) in [5, 5.41) is 7.87. The highest BCUT2D eigenvalue weighted by atomic mass is 16.5. The maximum atomic E-state index is 6.17. The highest BCUT2D eigenvalue weighted by Gasteiger charge is 2.35. The summed E-state index contributed by atoms with van der Waals surface area (Å²) >= 11 is 0. The van der Waals surface area contributed by atoms with Crippen molar-refractivity contribution in [3.8, 4) is 5.75 Å². The van der Waals surface area contributed by atoms with Crippen molar-refractivity contribution in [2.75, 3.05) is 13.1 Å². The maximum Gasteiger partial charge on any atom is 0.163 e. The SMILES string of the molecule is Cc1nn(Cc2ccccc2)c(C)c1OC1(C)CNC1. The molecule has 1 aromatic heterocycles. The first-order chi connectivity index (χ1) is 9.57. The molecule has 0 radical (unpaired) electrons. The van der Waals surface area contributed by atoms with Gasteiger partial charge in [-0.2, -0.15) is 5.10 Å². The summed E-state index contributed by atoms with van der Waals surface area (Å²) in [6.07, 6.45) is 0. The van der Waals surface area contributed by atoms with Crippen LogP contribution in [0.2, 0.25) is 0 Å². The zero-order chi connectivity index (χ0) is 14.2. The zero-order valence-electron chi connectivity index (χ0n) is 12.3. The Morgan fingerprint density at radius 2 is 1.95 bits per heavy atom. The number of hydrogen-bond acceptors (Lipinski definition) is 3. The largest absolute Gasteiger partial charge is 0.481 e. The smallest absolute Gasteiger partial charge is 0.163 e. The molecule has 3 rings (SSSR count). The van der Waals surface area contributed by atoms with Gasteiger partial charge in [-0.1, -0.05) is 30.3 Å². The highest BCUT2D eigenvalue weighted by molar-refractivity contribution is 5.34. The van der Waals surface area contributed by atoms with Gasteiger partial charge in [0, 0.05) is 13.1 Å². The van der Waals surface area contributed by atoms with Crippen LogP contribution in [0.4, 0.5) is 0 Å². The predicted octanol–water partition coefficient (Wildman–Crippen LogP) is 2.29. The molecule has 0 amide bonds. The Morgan fingerprint density at radius 1 is 1.25 bits per heavy atom. The summed E-state index contributed by atoms with van der Waals surface area (Å²) in [6, 6.07) is 10.4. The van der Waals surface area contributed by atoms with Crippen LogP contribution < -0.4 is 10.1 Å². The molecule has 2 aromatic rings. The van der Waals surface area contributed by atoms with Gasteiger partial charge >= 0.3 is 0 Å². The van der Waals surface area contributed by atoms with Gasteiger partial charge in [-0.3, -0.25) is 4.68 Å². The molecular weight excluding hydrogens is 250 g/mol. The predicted molar refractivity (Wildman–Crippen MR) is 79.1 cm³/mol. The summed E-state index contributed by atoms with van der Waals surface area (Å²) in [7, 11) is 0. The topological polar surface area (TPSA) is 39.1 Å². The first-order valence-corrected chi connectivity index (χ1v) is 7.05. The van der Waals surface area contributed by atoms with Gasteiger partial charge in [0.15, 0.2) is 5.75 Å². The molecule has 0 unspecified atom stereocenters. The number of benzene rings is 1. The first kappa shape index (κ1) is 13.2. The fraction of sp³-hybridized carbons (Fsp3) is 0.438. The molecule has 1 fully saturated rings. The van der Waals surface area contributed by atoms with E-state index in [-0.39, 0.29) is 5.60 Å². The van der Waals surface area contributed by atoms with Crippen LogP contribution in [0.3, 0.4) is 0 Å². The van der Waals surface area contributed by atoms with Crippen molar-refractivity contribution in [3.05, 3.63) is 47.3 Å². The van der Waals surface area contributed by atoms with E-state index in [9.17, 15) is 0 Å². The van der Waals surface area contributed by atoms with E-state index in [0.29, 0.717) is 0 Å². The van der Waals surface area contributed by atoms with E-state index in [0.717, 1.165) is 36.8 Å². The molecule has 0 bridgehead atoms. The minimum atomic E-state index is -0.0872. The number of nitrogens with one attached hydrogen (secondary N) is 1. The summed E-state index contributed by atoms with van der Waals surface area (Å²) in [6.45, 7) is 8.81. The molecule has 0 atom stereocenters. The van der Waals surface area contributed by atoms with Crippen LogP contribution in [0.25, 0.3) is 0 Å². The summed E-state index contributed by atoms with van der Waals surface area (Å²) in [4.78, 5) is 0. The van der Waals surface area contributed by atoms with Crippen LogP contribution >= 0.6 is 0 Å². The van der Waals surface area contributed by atoms with Crippen LogP contribution in [-0.4, -0.2) is 28.5 Å². The monoisotopic (exact) mass is 271 g/mol. The Kier molecular flexibility index (Phi) is 3.26. The number of aromatic nitrogens is 2. The van der Waals surface area contributed by atoms with Gasteiger partial charge in [0.05, 0.1) is 12.2 Å². The zero-order valence-corrected chi connectivity index (χ0v) is 12.3. The van der Waals surface area contributed by atoms with E-state index >= 15 is 0 Å². The summed E-state index contributed by atoms with van der Waals surface area (Å²) in [5.74, 6) is 0.935. The van der Waals surface area contributed by atoms with Crippen LogP contribution in [0.15, 0.2) is 30.3 Å². The lowest BCUT2D eigenvalue weighted by molar-refractivity contribution is 0.0334. The molecular formula is C16H21N3O. The molecule has 1 aliphatic rings. The van der Waals surface area contributed by atoms with Crippen LogP contribution in [0.5, 0.6) is 5.75 Å². The van der Waals surface area contributed by atoms with Crippen LogP contribution in [-0.2, 0) is 6.54 Å². The van der Waals surface area contributed by atoms with Gasteiger partial charge in [0.1, 0.15) is 11.3 Å². The minimum absolute atomic E-state index is 0.0872. The highest BCUT2D eigenvalue weighted by Crippen LogP contribution is 2.28. The van der Waals surface area contributed by atoms with Gasteiger partial charge < -0.3 is 10.1 Å². The standard InChI is InChI=1S/C16H21N3O/c1-12-15(20-16(3)10-17-11-16)13(2)19(18-12)9-14-7-5-4-6-8-14/h4-8,17H,9-11H2,1-3H3. The van der Waals surface area contributed by atoms with E-state index < -0.39 is 0 Å². The third-order valence-electron chi connectivity index (χ3n) is 3.84. The van der Waals surface area contributed by atoms with Crippen LogP contribution in [0.1, 0.15) is 23.9 Å². The molecule has 1 aliphatic heterocycles. The molecule has 1 aromatic carbocycles. The third kappa shape index (κ3) is 2.43. The van der Waals surface area contributed by atoms with Crippen molar-refractivity contribution in [2.24, 2.45) is 0 Å². The van der Waals surface area contributed by atoms with Crippen molar-refractivity contribution < 1.29 is 4.74 Å². The van der Waals surface area contributed by atoms with E-state index in [4.69, 9.17) is 4.74 Å². The fourth-order valence-corrected chi connectivity index (χ4v) is 2.53. The minimum Gasteiger partial charge on any atom is -0.481 e. The Labute approximate surface area is 119 Å². The Morgan fingerprint density at radius 3 is 2.55 bits per heavy atom. The van der Waals surface area contributed by atoms with Crippen molar-refractivity contribution in [2.45, 2.75) is 32.9 Å². The Hall–Kier alpha value is -1.81. The number of hydrogen-bond donors (Lipinski definition) is 1. The molecule has 106 valence electrons. The molecule has 1 saturated heterocycles. The van der Waals surface area contributed by atoms with Crippen molar-refractivity contribution in [3.63, 3.8) is 0 Å². The fourth-order valence-electron chi connectivity index (χ4n) is 2.53. The number of nitrogens with zero attached hydrogens (tertiary/aromatic N) is 2. The third-order valence-corrected chi connectivity index (χ3v) is 3.84. The molecule has 1 N–H and O–H groups in total. The lowest BCUT2D eigenvalue weighted by Crippen LogP contribution is -2.61. The average molecular weight is 271 g/mol. The second-order valence-electron chi connectivity index (χ2n) is 5.80. The number of ether oxygens (including phenoxy) is 1. The second kappa shape index (κ2) is 4.94. The van der Waals surface area contributed by atoms with Gasteiger partial charge in [0.2, 0.25) is 0 Å². The average Bonchev–Trinajstić information content (AvgIpc) is 2.66. The summed E-state index contributed by atoms with van der Waals surface area (Å²) < 4.78 is 8.20. The van der Waals surface area contributed by atoms with Gasteiger partial charge in [0.25, 0.3) is 0 Å². The maximum absolute atomic E-state index is 6.17. The van der Waals surface area contributed by atoms with Crippen molar-refractivity contribution in [1.29, 1.82) is 0 Å². The summed E-state index contributed by atoms with van der Waals surface area (Å²) in [5.41, 5.74) is 3.23. The molecule has 0 saturated carbocycles. The number of rotatable bonds is 4. The Balaban J connectivity index is 1.83. The molecule has 4 nitrogen and oxygen atoms in total. The van der Waals surface area contributed by atoms with Gasteiger partial charge in [-0.05, 0) is 26.3 Å². The lowest BCUT2D eigenvalue weighted by Gasteiger charge is -2.39. The van der Waals surface area contributed by atoms with Crippen molar-refractivity contribution in [1.82, 2.24) is 15.1 Å². The van der Waals surface area contributed by atoms with Gasteiger partial charge in [-0.15, -0.1) is 0 Å². The normalized spacial score (nSPS) is 16.8. The van der Waals surface area contributed by atoms with Crippen molar-refractivity contribution >= 4 is 0 Å². The first-order valence-electron chi connectivity index (χ1n) is 7.05. The molecule has 0 aliphatic carbocycles. The number of aryl methyl sites for hydroxylation is 1. The van der Waals surface area contributed by atoms with E-state index in [1.807, 2.05) is 17.7 Å². The van der Waals surface area contributed by atoms with E-state index in [1.54, 1.807) is 0 Å². The molecule has 4 heteroatoms. The quantitative estimate of drug-likeness (QED) is 0.927. The second-order valence-corrected chi connectivity index (χ2v) is 5.80. The molecule has 20 heavy (non-hydrogen) atoms. The van der Waals surface area contributed by atoms with E-state index in [1.165, 1.54) is 5.56 Å². The molecule has 0 spiro atoms.